The van der Waals surface area contributed by atoms with Crippen molar-refractivity contribution in [2.24, 2.45) is 0 Å². The molecule has 3 aromatic rings. The van der Waals surface area contributed by atoms with E-state index in [0.29, 0.717) is 5.57 Å². The second-order valence-electron chi connectivity index (χ2n) is 6.99. The van der Waals surface area contributed by atoms with Crippen LogP contribution in [0.4, 0.5) is 0 Å². The summed E-state index contributed by atoms with van der Waals surface area (Å²) in [4.78, 5) is 17.1. The molecule has 0 radical (unpaired) electrons. The molecule has 0 saturated carbocycles. The van der Waals surface area contributed by atoms with Crippen LogP contribution in [0, 0.1) is 0 Å². The van der Waals surface area contributed by atoms with Crippen molar-refractivity contribution in [3.63, 3.8) is 0 Å². The van der Waals surface area contributed by atoms with Gasteiger partial charge >= 0.3 is 5.97 Å². The average molecular weight is 370 g/mol. The average Bonchev–Trinajstić information content (AvgIpc) is 2.72. The van der Waals surface area contributed by atoms with Gasteiger partial charge in [-0.05, 0) is 36.2 Å². The first-order valence-corrected chi connectivity index (χ1v) is 9.27. The number of benzene rings is 2. The van der Waals surface area contributed by atoms with Crippen LogP contribution in [0.1, 0.15) is 25.3 Å². The summed E-state index contributed by atoms with van der Waals surface area (Å²) < 4.78 is 5.00. The maximum atomic E-state index is 12.3. The van der Waals surface area contributed by atoms with E-state index >= 15 is 0 Å². The molecule has 2 heterocycles. The summed E-state index contributed by atoms with van der Waals surface area (Å²) >= 11 is 0. The summed E-state index contributed by atoms with van der Waals surface area (Å²) in [6.45, 7) is 3.89. The van der Waals surface area contributed by atoms with Crippen LogP contribution < -0.4 is 5.32 Å². The Labute approximate surface area is 164 Å². The second-order valence-corrected chi connectivity index (χ2v) is 6.99. The van der Waals surface area contributed by atoms with E-state index in [9.17, 15) is 4.79 Å². The van der Waals surface area contributed by atoms with Gasteiger partial charge in [0.05, 0.1) is 18.4 Å². The van der Waals surface area contributed by atoms with Crippen LogP contribution in [0.15, 0.2) is 83.8 Å². The number of carbonyl (C=O) groups excluding carboxylic acids is 1. The highest BCUT2D eigenvalue weighted by Crippen LogP contribution is 2.34. The van der Waals surface area contributed by atoms with Gasteiger partial charge in [-0.1, -0.05) is 54.6 Å². The molecule has 4 rings (SSSR count). The Hall–Kier alpha value is -3.40. The van der Waals surface area contributed by atoms with Gasteiger partial charge in [0.1, 0.15) is 0 Å². The first-order chi connectivity index (χ1) is 13.6. The molecule has 0 aliphatic carbocycles. The predicted octanol–water partition coefficient (Wildman–Crippen LogP) is 4.94. The van der Waals surface area contributed by atoms with Crippen molar-refractivity contribution in [1.29, 1.82) is 0 Å². The van der Waals surface area contributed by atoms with E-state index in [1.807, 2.05) is 56.5 Å². The van der Waals surface area contributed by atoms with Crippen LogP contribution >= 0.6 is 0 Å². The van der Waals surface area contributed by atoms with Gasteiger partial charge in [0.15, 0.2) is 0 Å². The highest BCUT2D eigenvalue weighted by Gasteiger charge is 2.27. The van der Waals surface area contributed by atoms with Crippen molar-refractivity contribution >= 4 is 16.7 Å². The van der Waals surface area contributed by atoms with Crippen LogP contribution in [0.5, 0.6) is 0 Å². The van der Waals surface area contributed by atoms with Gasteiger partial charge in [-0.15, -0.1) is 0 Å². The summed E-state index contributed by atoms with van der Waals surface area (Å²) in [7, 11) is 1.41. The number of esters is 1. The Balaban J connectivity index is 1.75. The molecule has 28 heavy (non-hydrogen) atoms. The van der Waals surface area contributed by atoms with E-state index < -0.39 is 0 Å². The molecular weight excluding hydrogens is 348 g/mol. The van der Waals surface area contributed by atoms with Crippen molar-refractivity contribution in [1.82, 2.24) is 10.3 Å². The lowest BCUT2D eigenvalue weighted by Gasteiger charge is -2.25. The van der Waals surface area contributed by atoms with Gasteiger partial charge in [-0.2, -0.15) is 0 Å². The maximum absolute atomic E-state index is 12.3. The molecule has 0 spiro atoms. The van der Waals surface area contributed by atoms with E-state index in [4.69, 9.17) is 9.72 Å². The SMILES string of the molecule is COC(=O)C1=C(C)NC(C)=CC1c1ccc(-c2cccc3ccccc23)nc1. The molecule has 1 aliphatic rings. The minimum atomic E-state index is -0.322. The fraction of sp³-hybridized carbons (Fsp3) is 0.167. The molecule has 1 aromatic heterocycles. The Bertz CT molecular complexity index is 1110. The van der Waals surface area contributed by atoms with Crippen molar-refractivity contribution in [2.45, 2.75) is 19.8 Å². The quantitative estimate of drug-likeness (QED) is 0.664. The fourth-order valence-electron chi connectivity index (χ4n) is 3.82. The Morgan fingerprint density at radius 2 is 1.82 bits per heavy atom. The standard InChI is InChI=1S/C24H22N2O2/c1-15-13-21(23(16(2)26-15)24(27)28-3)18-11-12-22(25-14-18)20-10-6-8-17-7-4-5-9-19(17)20/h4-14,21,26H,1-3H3. The Morgan fingerprint density at radius 3 is 2.57 bits per heavy atom. The zero-order chi connectivity index (χ0) is 19.7. The molecule has 140 valence electrons. The molecule has 1 N–H and O–H groups in total. The summed E-state index contributed by atoms with van der Waals surface area (Å²) in [5.41, 5.74) is 5.41. The number of nitrogens with one attached hydrogen (secondary N) is 1. The van der Waals surface area contributed by atoms with E-state index in [2.05, 4.69) is 29.6 Å². The Morgan fingerprint density at radius 1 is 1.04 bits per heavy atom. The number of rotatable bonds is 3. The smallest absolute Gasteiger partial charge is 0.336 e. The number of methoxy groups -OCH3 is 1. The third-order valence-electron chi connectivity index (χ3n) is 5.13. The topological polar surface area (TPSA) is 51.2 Å². The maximum Gasteiger partial charge on any atom is 0.336 e. The number of pyridine rings is 1. The number of aromatic nitrogens is 1. The normalized spacial score (nSPS) is 16.5. The van der Waals surface area contributed by atoms with Crippen LogP contribution in [0.3, 0.4) is 0 Å². The van der Waals surface area contributed by atoms with Crippen LogP contribution in [-0.2, 0) is 9.53 Å². The number of ether oxygens (including phenoxy) is 1. The van der Waals surface area contributed by atoms with Gasteiger partial charge in [0, 0.05) is 29.1 Å². The van der Waals surface area contributed by atoms with Gasteiger partial charge in [-0.25, -0.2) is 4.79 Å². The number of fused-ring (bicyclic) bond motifs is 1. The first-order valence-electron chi connectivity index (χ1n) is 9.27. The molecule has 2 aromatic carbocycles. The second kappa shape index (κ2) is 7.31. The zero-order valence-electron chi connectivity index (χ0n) is 16.2. The third kappa shape index (κ3) is 3.18. The minimum absolute atomic E-state index is 0.178. The van der Waals surface area contributed by atoms with Crippen molar-refractivity contribution in [3.05, 3.63) is 89.4 Å². The van der Waals surface area contributed by atoms with Crippen LogP contribution in [-0.4, -0.2) is 18.1 Å². The summed E-state index contributed by atoms with van der Waals surface area (Å²) in [6.07, 6.45) is 3.89. The van der Waals surface area contributed by atoms with Gasteiger partial charge in [-0.3, -0.25) is 4.98 Å². The van der Waals surface area contributed by atoms with Gasteiger partial charge in [0.25, 0.3) is 0 Å². The Kier molecular flexibility index (Phi) is 4.70. The van der Waals surface area contributed by atoms with Gasteiger partial charge < -0.3 is 10.1 Å². The highest BCUT2D eigenvalue weighted by atomic mass is 16.5. The minimum Gasteiger partial charge on any atom is -0.466 e. The largest absolute Gasteiger partial charge is 0.466 e. The number of dihydropyridines is 1. The molecule has 1 atom stereocenters. The van der Waals surface area contributed by atoms with Crippen LogP contribution in [0.25, 0.3) is 22.0 Å². The molecular formula is C24H22N2O2. The molecule has 0 amide bonds. The number of hydrogen-bond donors (Lipinski definition) is 1. The van der Waals surface area contributed by atoms with E-state index in [-0.39, 0.29) is 11.9 Å². The predicted molar refractivity (Wildman–Crippen MR) is 112 cm³/mol. The molecule has 0 fully saturated rings. The zero-order valence-corrected chi connectivity index (χ0v) is 16.2. The van der Waals surface area contributed by atoms with E-state index in [0.717, 1.165) is 28.2 Å². The monoisotopic (exact) mass is 370 g/mol. The molecule has 0 saturated heterocycles. The van der Waals surface area contributed by atoms with Crippen LogP contribution in [0.2, 0.25) is 0 Å². The lowest BCUT2D eigenvalue weighted by atomic mass is 9.87. The van der Waals surface area contributed by atoms with Crippen molar-refractivity contribution < 1.29 is 9.53 Å². The molecule has 0 bridgehead atoms. The number of hydrogen-bond acceptors (Lipinski definition) is 4. The number of allylic oxidation sites excluding steroid dienone is 3. The third-order valence-corrected chi connectivity index (χ3v) is 5.13. The fourth-order valence-corrected chi connectivity index (χ4v) is 3.82. The van der Waals surface area contributed by atoms with E-state index in [1.165, 1.54) is 17.9 Å². The molecule has 4 nitrogen and oxygen atoms in total. The van der Waals surface area contributed by atoms with Gasteiger partial charge in [0.2, 0.25) is 0 Å². The first kappa shape index (κ1) is 18.0. The summed E-state index contributed by atoms with van der Waals surface area (Å²) in [5.74, 6) is -0.500. The van der Waals surface area contributed by atoms with E-state index in [1.54, 1.807) is 0 Å². The lowest BCUT2D eigenvalue weighted by molar-refractivity contribution is -0.136. The lowest BCUT2D eigenvalue weighted by Crippen LogP contribution is -2.25. The number of carbonyl (C=O) groups is 1. The van der Waals surface area contributed by atoms with Crippen molar-refractivity contribution in [3.8, 4) is 11.3 Å². The summed E-state index contributed by atoms with van der Waals surface area (Å²) in [6, 6.07) is 18.6. The number of nitrogens with zero attached hydrogens (tertiary/aromatic N) is 1. The summed E-state index contributed by atoms with van der Waals surface area (Å²) in [5, 5.41) is 5.59. The molecule has 1 unspecified atom stereocenters. The van der Waals surface area contributed by atoms with Crippen molar-refractivity contribution in [2.75, 3.05) is 7.11 Å². The molecule has 1 aliphatic heterocycles. The molecule has 4 heteroatoms. The highest BCUT2D eigenvalue weighted by molar-refractivity contribution is 5.96.